The number of sulfonamides is 1. The average molecular weight is 374 g/mol. The van der Waals surface area contributed by atoms with Crippen LogP contribution in [0.15, 0.2) is 29.2 Å². The van der Waals surface area contributed by atoms with Crippen molar-refractivity contribution in [3.05, 3.63) is 29.8 Å². The van der Waals surface area contributed by atoms with E-state index in [2.05, 4.69) is 10.0 Å². The van der Waals surface area contributed by atoms with Gasteiger partial charge >= 0.3 is 5.97 Å². The fourth-order valence-electron chi connectivity index (χ4n) is 1.83. The Morgan fingerprint density at radius 2 is 1.83 bits per heavy atom. The third kappa shape index (κ3) is 6.14. The van der Waals surface area contributed by atoms with Crippen LogP contribution < -0.4 is 10.0 Å². The molecule has 134 valence electrons. The van der Waals surface area contributed by atoms with E-state index in [9.17, 15) is 18.0 Å². The van der Waals surface area contributed by atoms with E-state index in [-0.39, 0.29) is 11.3 Å². The topological polar surface area (TPSA) is 113 Å². The van der Waals surface area contributed by atoms with Gasteiger partial charge in [0.1, 0.15) is 12.1 Å². The highest BCUT2D eigenvalue weighted by molar-refractivity contribution is 7.98. The molecule has 1 aromatic carbocycles. The molecule has 0 radical (unpaired) electrons. The van der Waals surface area contributed by atoms with Crippen molar-refractivity contribution in [3.63, 3.8) is 0 Å². The third-order valence-corrected chi connectivity index (χ3v) is 5.42. The number of carbonyl (C=O) groups is 2. The Morgan fingerprint density at radius 3 is 2.33 bits per heavy atom. The average Bonchev–Trinajstić information content (AvgIpc) is 2.51. The maximum Gasteiger partial charge on any atom is 0.325 e. The molecule has 1 unspecified atom stereocenters. The van der Waals surface area contributed by atoms with Crippen LogP contribution in [-0.4, -0.2) is 49.5 Å². The van der Waals surface area contributed by atoms with Gasteiger partial charge in [0.15, 0.2) is 0 Å². The number of carboxylic acids is 1. The zero-order chi connectivity index (χ0) is 18.3. The van der Waals surface area contributed by atoms with Gasteiger partial charge in [-0.1, -0.05) is 17.7 Å². The van der Waals surface area contributed by atoms with Crippen molar-refractivity contribution in [3.8, 4) is 0 Å². The molecule has 0 saturated heterocycles. The van der Waals surface area contributed by atoms with Crippen LogP contribution >= 0.6 is 11.8 Å². The third-order valence-electron chi connectivity index (χ3n) is 3.29. The number of hydrogen-bond donors (Lipinski definition) is 3. The standard InChI is InChI=1S/C15H22N2O5S2/c1-10-4-6-12(7-5-10)24(21,22)17-13(8-9-23-3)14(18)16-11(2)15(19)20/h4-7,11,13,17H,8-9H2,1-3H3,(H,16,18)(H,19,20)/t11-,13?/m0/s1. The van der Waals surface area contributed by atoms with E-state index < -0.39 is 34.0 Å². The maximum atomic E-state index is 12.4. The minimum Gasteiger partial charge on any atom is -0.480 e. The first-order valence-electron chi connectivity index (χ1n) is 7.28. The van der Waals surface area contributed by atoms with Crippen molar-refractivity contribution < 1.29 is 23.1 Å². The smallest absolute Gasteiger partial charge is 0.325 e. The van der Waals surface area contributed by atoms with E-state index in [4.69, 9.17) is 5.11 Å². The molecular formula is C15H22N2O5S2. The molecule has 1 aromatic rings. The first-order valence-corrected chi connectivity index (χ1v) is 10.2. The summed E-state index contributed by atoms with van der Waals surface area (Å²) in [7, 11) is -3.88. The highest BCUT2D eigenvalue weighted by Crippen LogP contribution is 2.12. The van der Waals surface area contributed by atoms with Gasteiger partial charge < -0.3 is 10.4 Å². The number of carboxylic acid groups (broad SMARTS) is 1. The maximum absolute atomic E-state index is 12.4. The Kier molecular flexibility index (Phi) is 7.71. The summed E-state index contributed by atoms with van der Waals surface area (Å²) in [5, 5.41) is 11.2. The lowest BCUT2D eigenvalue weighted by atomic mass is 10.2. The molecule has 24 heavy (non-hydrogen) atoms. The summed E-state index contributed by atoms with van der Waals surface area (Å²) < 4.78 is 27.2. The molecular weight excluding hydrogens is 352 g/mol. The predicted molar refractivity (Wildman–Crippen MR) is 93.5 cm³/mol. The van der Waals surface area contributed by atoms with Crippen LogP contribution in [0.1, 0.15) is 18.9 Å². The van der Waals surface area contributed by atoms with E-state index >= 15 is 0 Å². The van der Waals surface area contributed by atoms with Gasteiger partial charge in [-0.05, 0) is 44.4 Å². The molecule has 0 aromatic heterocycles. The SMILES string of the molecule is CSCCC(NS(=O)(=O)c1ccc(C)cc1)C(=O)N[C@@H](C)C(=O)O. The van der Waals surface area contributed by atoms with E-state index in [1.807, 2.05) is 13.2 Å². The Hall–Kier alpha value is -1.58. The van der Waals surface area contributed by atoms with Crippen molar-refractivity contribution in [2.45, 2.75) is 37.2 Å². The summed E-state index contributed by atoms with van der Waals surface area (Å²) in [5.74, 6) is -1.29. The Morgan fingerprint density at radius 1 is 1.25 bits per heavy atom. The fourth-order valence-corrected chi connectivity index (χ4v) is 3.53. The molecule has 0 aliphatic heterocycles. The molecule has 1 amide bonds. The Balaban J connectivity index is 2.93. The Labute approximate surface area is 146 Å². The van der Waals surface area contributed by atoms with E-state index in [1.165, 1.54) is 30.8 Å². The molecule has 1 rings (SSSR count). The van der Waals surface area contributed by atoms with Crippen molar-refractivity contribution in [2.75, 3.05) is 12.0 Å². The molecule has 0 aliphatic rings. The lowest BCUT2D eigenvalue weighted by Gasteiger charge is -2.19. The quantitative estimate of drug-likeness (QED) is 0.594. The van der Waals surface area contributed by atoms with Gasteiger partial charge in [-0.2, -0.15) is 16.5 Å². The molecule has 0 heterocycles. The van der Waals surface area contributed by atoms with Gasteiger partial charge in [-0.3, -0.25) is 9.59 Å². The van der Waals surface area contributed by atoms with Gasteiger partial charge in [0.2, 0.25) is 15.9 Å². The van der Waals surface area contributed by atoms with Crippen LogP contribution in [0, 0.1) is 6.92 Å². The summed E-state index contributed by atoms with van der Waals surface area (Å²) in [6, 6.07) is 4.11. The van der Waals surface area contributed by atoms with Crippen molar-refractivity contribution in [2.24, 2.45) is 0 Å². The first kappa shape index (κ1) is 20.5. The van der Waals surface area contributed by atoms with E-state index in [0.29, 0.717) is 5.75 Å². The molecule has 7 nitrogen and oxygen atoms in total. The van der Waals surface area contributed by atoms with Crippen LogP contribution in [-0.2, 0) is 19.6 Å². The molecule has 2 atom stereocenters. The predicted octanol–water partition coefficient (Wildman–Crippen LogP) is 0.984. The summed E-state index contributed by atoms with van der Waals surface area (Å²) >= 11 is 1.47. The second-order valence-electron chi connectivity index (χ2n) is 5.34. The summed E-state index contributed by atoms with van der Waals surface area (Å²) in [5.41, 5.74) is 0.918. The largest absolute Gasteiger partial charge is 0.480 e. The van der Waals surface area contributed by atoms with Crippen molar-refractivity contribution >= 4 is 33.7 Å². The number of nitrogens with one attached hydrogen (secondary N) is 2. The van der Waals surface area contributed by atoms with Gasteiger partial charge in [0.25, 0.3) is 0 Å². The zero-order valence-electron chi connectivity index (χ0n) is 13.8. The molecule has 3 N–H and O–H groups in total. The normalized spacial score (nSPS) is 14.0. The van der Waals surface area contributed by atoms with E-state index in [0.717, 1.165) is 5.56 Å². The summed E-state index contributed by atoms with van der Waals surface area (Å²) in [6.45, 7) is 3.16. The van der Waals surface area contributed by atoms with Crippen LogP contribution in [0.3, 0.4) is 0 Å². The molecule has 0 saturated carbocycles. The van der Waals surface area contributed by atoms with Crippen LogP contribution in [0.4, 0.5) is 0 Å². The van der Waals surface area contributed by atoms with Crippen molar-refractivity contribution in [1.29, 1.82) is 0 Å². The second-order valence-corrected chi connectivity index (χ2v) is 8.04. The lowest BCUT2D eigenvalue weighted by molar-refractivity contribution is -0.141. The number of amides is 1. The van der Waals surface area contributed by atoms with E-state index in [1.54, 1.807) is 12.1 Å². The molecule has 0 bridgehead atoms. The van der Waals surface area contributed by atoms with Crippen LogP contribution in [0.25, 0.3) is 0 Å². The van der Waals surface area contributed by atoms with Crippen molar-refractivity contribution in [1.82, 2.24) is 10.0 Å². The lowest BCUT2D eigenvalue weighted by Crippen LogP contribution is -2.50. The summed E-state index contributed by atoms with van der Waals surface area (Å²) in [4.78, 5) is 23.1. The van der Waals surface area contributed by atoms with Gasteiger partial charge in [0.05, 0.1) is 4.90 Å². The number of benzene rings is 1. The first-order chi connectivity index (χ1) is 11.2. The molecule has 0 fully saturated rings. The number of aryl methyl sites for hydroxylation is 1. The highest BCUT2D eigenvalue weighted by Gasteiger charge is 2.27. The van der Waals surface area contributed by atoms with Crippen LogP contribution in [0.2, 0.25) is 0 Å². The zero-order valence-corrected chi connectivity index (χ0v) is 15.4. The van der Waals surface area contributed by atoms with Gasteiger partial charge in [-0.15, -0.1) is 0 Å². The molecule has 9 heteroatoms. The fraction of sp³-hybridized carbons (Fsp3) is 0.467. The number of thioether (sulfide) groups is 1. The van der Waals surface area contributed by atoms with Crippen LogP contribution in [0.5, 0.6) is 0 Å². The number of aliphatic carboxylic acids is 1. The van der Waals surface area contributed by atoms with Gasteiger partial charge in [0, 0.05) is 0 Å². The minimum atomic E-state index is -3.88. The molecule has 0 spiro atoms. The highest BCUT2D eigenvalue weighted by atomic mass is 32.2. The monoisotopic (exact) mass is 374 g/mol. The Bertz CT molecular complexity index is 674. The van der Waals surface area contributed by atoms with Gasteiger partial charge in [-0.25, -0.2) is 8.42 Å². The number of carbonyl (C=O) groups excluding carboxylic acids is 1. The molecule has 0 aliphatic carbocycles. The number of hydrogen-bond acceptors (Lipinski definition) is 5. The minimum absolute atomic E-state index is 0.0568. The second kappa shape index (κ2) is 9.05. The summed E-state index contributed by atoms with van der Waals surface area (Å²) in [6.07, 6.45) is 2.09. The number of rotatable bonds is 9.